The van der Waals surface area contributed by atoms with E-state index < -0.39 is 6.10 Å². The number of hydrogen-bond donors (Lipinski definition) is 0. The summed E-state index contributed by atoms with van der Waals surface area (Å²) in [5.74, 6) is 2.21. The Kier molecular flexibility index (Phi) is 2.77. The molecule has 4 rings (SSSR count). The summed E-state index contributed by atoms with van der Waals surface area (Å²) < 4.78 is 16.7. The van der Waals surface area contributed by atoms with Gasteiger partial charge in [-0.05, 0) is 24.3 Å². The normalized spacial score (nSPS) is 16.7. The van der Waals surface area contributed by atoms with Crippen LogP contribution in [0.4, 0.5) is 0 Å². The highest BCUT2D eigenvalue weighted by molar-refractivity contribution is 5.47. The number of hydrogen-bond acceptors (Lipinski definition) is 6. The molecule has 0 saturated carbocycles. The molecule has 1 aliphatic heterocycles. The Morgan fingerprint density at radius 2 is 1.86 bits per heavy atom. The van der Waals surface area contributed by atoms with Gasteiger partial charge in [0, 0.05) is 6.20 Å². The van der Waals surface area contributed by atoms with Gasteiger partial charge in [-0.2, -0.15) is 4.98 Å². The third-order valence-corrected chi connectivity index (χ3v) is 3.12. The Bertz CT molecular complexity index is 758. The lowest BCUT2D eigenvalue weighted by Gasteiger charge is -2.23. The van der Waals surface area contributed by atoms with E-state index in [1.807, 2.05) is 42.5 Å². The van der Waals surface area contributed by atoms with Crippen LogP contribution < -0.4 is 9.47 Å². The summed E-state index contributed by atoms with van der Waals surface area (Å²) in [6.07, 6.45) is 1.27. The van der Waals surface area contributed by atoms with Crippen molar-refractivity contribution in [2.24, 2.45) is 0 Å². The number of para-hydroxylation sites is 2. The van der Waals surface area contributed by atoms with Crippen LogP contribution >= 0.6 is 0 Å². The third-order valence-electron chi connectivity index (χ3n) is 3.12. The van der Waals surface area contributed by atoms with Crippen molar-refractivity contribution in [2.45, 2.75) is 6.10 Å². The van der Waals surface area contributed by atoms with E-state index in [2.05, 4.69) is 15.1 Å². The maximum absolute atomic E-state index is 5.83. The van der Waals surface area contributed by atoms with Crippen LogP contribution in [0.1, 0.15) is 12.0 Å². The first kappa shape index (κ1) is 11.9. The Balaban J connectivity index is 1.60. The van der Waals surface area contributed by atoms with Crippen LogP contribution in [0.15, 0.2) is 53.2 Å². The van der Waals surface area contributed by atoms with Crippen LogP contribution in [-0.2, 0) is 0 Å². The summed E-state index contributed by atoms with van der Waals surface area (Å²) >= 11 is 0. The Morgan fingerprint density at radius 1 is 1.00 bits per heavy atom. The maximum Gasteiger partial charge on any atom is 0.271 e. The Labute approximate surface area is 120 Å². The average molecular weight is 281 g/mol. The molecule has 1 atom stereocenters. The summed E-state index contributed by atoms with van der Waals surface area (Å²) in [5.41, 5.74) is 0.657. The summed E-state index contributed by atoms with van der Waals surface area (Å²) in [4.78, 5) is 8.52. The van der Waals surface area contributed by atoms with Gasteiger partial charge in [-0.1, -0.05) is 23.4 Å². The fourth-order valence-electron chi connectivity index (χ4n) is 2.11. The number of nitrogens with zero attached hydrogens (tertiary/aromatic N) is 3. The van der Waals surface area contributed by atoms with Crippen LogP contribution in [0.25, 0.3) is 11.5 Å². The molecular weight excluding hydrogens is 270 g/mol. The molecule has 1 unspecified atom stereocenters. The van der Waals surface area contributed by atoms with Crippen molar-refractivity contribution in [3.05, 3.63) is 54.6 Å². The smallest absolute Gasteiger partial charge is 0.271 e. The van der Waals surface area contributed by atoms with Crippen LogP contribution in [0.5, 0.6) is 11.5 Å². The molecule has 6 nitrogen and oxygen atoms in total. The highest BCUT2D eigenvalue weighted by Gasteiger charge is 2.27. The topological polar surface area (TPSA) is 70.3 Å². The number of fused-ring (bicyclic) bond motifs is 1. The quantitative estimate of drug-likeness (QED) is 0.719. The molecule has 1 aliphatic rings. The lowest BCUT2D eigenvalue weighted by atomic mass is 10.2. The predicted octanol–water partition coefficient (Wildman–Crippen LogP) is 2.64. The van der Waals surface area contributed by atoms with Gasteiger partial charge < -0.3 is 14.0 Å². The van der Waals surface area contributed by atoms with Crippen molar-refractivity contribution >= 4 is 0 Å². The first-order valence-electron chi connectivity index (χ1n) is 6.53. The minimum atomic E-state index is -0.412. The van der Waals surface area contributed by atoms with E-state index in [1.54, 1.807) is 6.20 Å². The van der Waals surface area contributed by atoms with Gasteiger partial charge in [-0.15, -0.1) is 0 Å². The summed E-state index contributed by atoms with van der Waals surface area (Å²) in [6, 6.07) is 13.0. The molecular formula is C15H11N3O3. The van der Waals surface area contributed by atoms with E-state index in [0.29, 0.717) is 29.8 Å². The van der Waals surface area contributed by atoms with Gasteiger partial charge in [0.25, 0.3) is 5.89 Å². The first-order valence-corrected chi connectivity index (χ1v) is 6.53. The van der Waals surface area contributed by atoms with E-state index in [9.17, 15) is 0 Å². The first-order chi connectivity index (χ1) is 10.4. The lowest BCUT2D eigenvalue weighted by molar-refractivity contribution is 0.0665. The van der Waals surface area contributed by atoms with Crippen LogP contribution in [0.3, 0.4) is 0 Å². The molecule has 0 radical (unpaired) electrons. The molecule has 104 valence electrons. The SMILES string of the molecule is c1ccc(-c2noc(C3COc4ccccc4O3)n2)nc1. The molecule has 0 N–H and O–H groups in total. The van der Waals surface area contributed by atoms with Crippen LogP contribution in [-0.4, -0.2) is 21.7 Å². The second-order valence-electron chi connectivity index (χ2n) is 4.54. The highest BCUT2D eigenvalue weighted by Crippen LogP contribution is 2.35. The second-order valence-corrected chi connectivity index (χ2v) is 4.54. The Morgan fingerprint density at radius 3 is 2.71 bits per heavy atom. The second kappa shape index (κ2) is 4.90. The number of aromatic nitrogens is 3. The number of pyridine rings is 1. The maximum atomic E-state index is 5.83. The van der Waals surface area contributed by atoms with Gasteiger partial charge in [0.05, 0.1) is 0 Å². The van der Waals surface area contributed by atoms with Crippen molar-refractivity contribution < 1.29 is 14.0 Å². The van der Waals surface area contributed by atoms with Gasteiger partial charge in [-0.25, -0.2) is 0 Å². The molecule has 0 bridgehead atoms. The minimum absolute atomic E-state index is 0.334. The lowest BCUT2D eigenvalue weighted by Crippen LogP contribution is -2.21. The zero-order chi connectivity index (χ0) is 14.1. The monoisotopic (exact) mass is 281 g/mol. The van der Waals surface area contributed by atoms with Gasteiger partial charge in [-0.3, -0.25) is 4.98 Å². The highest BCUT2D eigenvalue weighted by atomic mass is 16.6. The fourth-order valence-corrected chi connectivity index (χ4v) is 2.11. The van der Waals surface area contributed by atoms with E-state index in [-0.39, 0.29) is 0 Å². The fraction of sp³-hybridized carbons (Fsp3) is 0.133. The van der Waals surface area contributed by atoms with E-state index in [0.717, 1.165) is 5.75 Å². The summed E-state index contributed by atoms with van der Waals surface area (Å²) in [6.45, 7) is 0.334. The van der Waals surface area contributed by atoms with Gasteiger partial charge in [0.15, 0.2) is 11.5 Å². The molecule has 6 heteroatoms. The van der Waals surface area contributed by atoms with Crippen LogP contribution in [0, 0.1) is 0 Å². The standard InChI is InChI=1S/C15H11N3O3/c1-2-7-12-11(6-1)19-9-13(20-12)15-17-14(18-21-15)10-5-3-4-8-16-10/h1-8,13H,9H2. The van der Waals surface area contributed by atoms with Crippen molar-refractivity contribution in [3.8, 4) is 23.0 Å². The molecule has 1 aromatic carbocycles. The number of benzene rings is 1. The van der Waals surface area contributed by atoms with Gasteiger partial charge in [0.1, 0.15) is 12.3 Å². The summed E-state index contributed by atoms with van der Waals surface area (Å²) in [5, 5.41) is 3.93. The zero-order valence-electron chi connectivity index (χ0n) is 11.0. The van der Waals surface area contributed by atoms with Crippen molar-refractivity contribution in [2.75, 3.05) is 6.61 Å². The zero-order valence-corrected chi connectivity index (χ0v) is 11.0. The van der Waals surface area contributed by atoms with Crippen molar-refractivity contribution in [3.63, 3.8) is 0 Å². The summed E-state index contributed by atoms with van der Waals surface area (Å²) in [7, 11) is 0. The van der Waals surface area contributed by atoms with E-state index in [4.69, 9.17) is 14.0 Å². The van der Waals surface area contributed by atoms with E-state index in [1.165, 1.54) is 0 Å². The predicted molar refractivity (Wildman–Crippen MR) is 72.8 cm³/mol. The van der Waals surface area contributed by atoms with Gasteiger partial charge in [0.2, 0.25) is 11.9 Å². The van der Waals surface area contributed by atoms with Crippen molar-refractivity contribution in [1.82, 2.24) is 15.1 Å². The molecule has 0 spiro atoms. The molecule has 2 aromatic heterocycles. The Hall–Kier alpha value is -2.89. The molecule has 0 aliphatic carbocycles. The molecule has 0 saturated heterocycles. The minimum Gasteiger partial charge on any atom is -0.485 e. The number of ether oxygens (including phenoxy) is 2. The molecule has 21 heavy (non-hydrogen) atoms. The molecule has 3 aromatic rings. The molecule has 3 heterocycles. The third kappa shape index (κ3) is 2.20. The largest absolute Gasteiger partial charge is 0.485 e. The van der Waals surface area contributed by atoms with Crippen molar-refractivity contribution in [1.29, 1.82) is 0 Å². The van der Waals surface area contributed by atoms with Gasteiger partial charge >= 0.3 is 0 Å². The van der Waals surface area contributed by atoms with E-state index >= 15 is 0 Å². The molecule has 0 amide bonds. The average Bonchev–Trinajstić information content (AvgIpc) is 3.05. The van der Waals surface area contributed by atoms with Crippen LogP contribution in [0.2, 0.25) is 0 Å². The number of rotatable bonds is 2. The molecule has 0 fully saturated rings.